The number of aliphatic hydroxyl groups is 1. The number of nitrogens with zero attached hydrogens (tertiary/aromatic N) is 1. The van der Waals surface area contributed by atoms with Gasteiger partial charge in [0.15, 0.2) is 5.96 Å². The Kier molecular flexibility index (Phi) is 11.0. The molecule has 0 aliphatic heterocycles. The molecule has 2 aromatic carbocycles. The first-order valence-electron chi connectivity index (χ1n) is 10.4. The second-order valence-electron chi connectivity index (χ2n) is 8.41. The number of hydrogen-bond acceptors (Lipinski definition) is 3. The van der Waals surface area contributed by atoms with E-state index < -0.39 is 5.60 Å². The number of aliphatic imine (C=N–C) groups is 1. The van der Waals surface area contributed by atoms with E-state index in [1.54, 1.807) is 0 Å². The first-order chi connectivity index (χ1) is 14.2. The van der Waals surface area contributed by atoms with Gasteiger partial charge in [-0.2, -0.15) is 0 Å². The van der Waals surface area contributed by atoms with Crippen molar-refractivity contribution in [3.8, 4) is 0 Å². The van der Waals surface area contributed by atoms with Crippen LogP contribution >= 0.6 is 24.0 Å². The van der Waals surface area contributed by atoms with Crippen molar-refractivity contribution in [1.82, 2.24) is 16.0 Å². The van der Waals surface area contributed by atoms with Crippen LogP contribution in [0.2, 0.25) is 0 Å². The van der Waals surface area contributed by atoms with Gasteiger partial charge in [0.2, 0.25) is 5.91 Å². The van der Waals surface area contributed by atoms with Crippen LogP contribution in [0.15, 0.2) is 65.7 Å². The largest absolute Gasteiger partial charge is 0.383 e. The average molecular weight is 538 g/mol. The number of hydrogen-bond donors (Lipinski definition) is 4. The molecule has 1 unspecified atom stereocenters. The first-order valence-corrected chi connectivity index (χ1v) is 10.4. The molecule has 0 spiro atoms. The van der Waals surface area contributed by atoms with Crippen molar-refractivity contribution in [2.24, 2.45) is 4.99 Å². The van der Waals surface area contributed by atoms with Crippen molar-refractivity contribution in [1.29, 1.82) is 0 Å². The fourth-order valence-corrected chi connectivity index (χ4v) is 3.13. The van der Waals surface area contributed by atoms with Gasteiger partial charge in [-0.15, -0.1) is 24.0 Å². The average Bonchev–Trinajstić information content (AvgIpc) is 2.70. The molecule has 0 aromatic heterocycles. The molecule has 0 aliphatic carbocycles. The van der Waals surface area contributed by atoms with Gasteiger partial charge in [0, 0.05) is 18.5 Å². The molecule has 1 atom stereocenters. The zero-order chi connectivity index (χ0) is 22.0. The summed E-state index contributed by atoms with van der Waals surface area (Å²) in [5, 5.41) is 20.8. The van der Waals surface area contributed by atoms with Gasteiger partial charge in [0.1, 0.15) is 12.1 Å². The maximum atomic E-state index is 12.1. The van der Waals surface area contributed by atoms with Gasteiger partial charge in [-0.3, -0.25) is 4.79 Å². The number of benzene rings is 2. The van der Waals surface area contributed by atoms with Gasteiger partial charge < -0.3 is 21.1 Å². The third-order valence-electron chi connectivity index (χ3n) is 4.44. The number of guanidine groups is 1. The highest BCUT2D eigenvalue weighted by Gasteiger charge is 2.30. The molecule has 7 heteroatoms. The van der Waals surface area contributed by atoms with Crippen molar-refractivity contribution in [3.05, 3.63) is 71.8 Å². The second-order valence-corrected chi connectivity index (χ2v) is 8.41. The zero-order valence-corrected chi connectivity index (χ0v) is 21.1. The van der Waals surface area contributed by atoms with Crippen LogP contribution in [-0.2, 0) is 16.8 Å². The van der Waals surface area contributed by atoms with Gasteiger partial charge in [0.05, 0.1) is 6.54 Å². The Hall–Kier alpha value is -2.13. The normalized spacial score (nSPS) is 13.5. The molecule has 170 valence electrons. The highest BCUT2D eigenvalue weighted by atomic mass is 127. The van der Waals surface area contributed by atoms with E-state index >= 15 is 0 Å². The second kappa shape index (κ2) is 12.7. The molecule has 6 nitrogen and oxygen atoms in total. The third-order valence-corrected chi connectivity index (χ3v) is 4.44. The van der Waals surface area contributed by atoms with Crippen molar-refractivity contribution < 1.29 is 9.90 Å². The van der Waals surface area contributed by atoms with Crippen LogP contribution in [0.1, 0.15) is 38.8 Å². The molecule has 0 fully saturated rings. The van der Waals surface area contributed by atoms with E-state index in [0.29, 0.717) is 18.9 Å². The van der Waals surface area contributed by atoms with E-state index in [9.17, 15) is 9.90 Å². The highest BCUT2D eigenvalue weighted by molar-refractivity contribution is 14.0. The summed E-state index contributed by atoms with van der Waals surface area (Å²) >= 11 is 0. The van der Waals surface area contributed by atoms with E-state index in [1.165, 1.54) is 0 Å². The molecule has 4 N–H and O–H groups in total. The fraction of sp³-hybridized carbons (Fsp3) is 0.417. The van der Waals surface area contributed by atoms with Gasteiger partial charge in [0.25, 0.3) is 0 Å². The molecular weight excluding hydrogens is 503 g/mol. The number of rotatable bonds is 8. The van der Waals surface area contributed by atoms with Gasteiger partial charge >= 0.3 is 0 Å². The SMILES string of the molecule is CCNC(=NCC(=O)NC(C)(C)C)NCC(O)(Cc1ccccc1)c1ccccc1.I. The monoisotopic (exact) mass is 538 g/mol. The minimum absolute atomic E-state index is 0. The fourth-order valence-electron chi connectivity index (χ4n) is 3.13. The molecule has 0 heterocycles. The first kappa shape index (κ1) is 26.9. The standard InChI is InChI=1S/C24H34N4O2.HI/c1-5-25-22(26-17-21(29)28-23(2,3)4)27-18-24(30,20-14-10-7-11-15-20)16-19-12-8-6-9-13-19;/h6-15,30H,5,16-18H2,1-4H3,(H,28,29)(H2,25,26,27);1H. The van der Waals surface area contributed by atoms with Crippen LogP contribution in [0, 0.1) is 0 Å². The lowest BCUT2D eigenvalue weighted by Crippen LogP contribution is -2.47. The molecular formula is C24H35IN4O2. The third kappa shape index (κ3) is 9.69. The van der Waals surface area contributed by atoms with Crippen LogP contribution < -0.4 is 16.0 Å². The Morgan fingerprint density at radius 1 is 0.968 bits per heavy atom. The van der Waals surface area contributed by atoms with Gasteiger partial charge in [-0.1, -0.05) is 60.7 Å². The number of carbonyl (C=O) groups is 1. The molecule has 2 rings (SSSR count). The molecule has 0 radical (unpaired) electrons. The number of nitrogens with one attached hydrogen (secondary N) is 3. The predicted molar refractivity (Wildman–Crippen MR) is 138 cm³/mol. The summed E-state index contributed by atoms with van der Waals surface area (Å²) in [6, 6.07) is 19.5. The smallest absolute Gasteiger partial charge is 0.242 e. The highest BCUT2D eigenvalue weighted by Crippen LogP contribution is 2.25. The maximum absolute atomic E-state index is 12.1. The summed E-state index contributed by atoms with van der Waals surface area (Å²) in [7, 11) is 0. The zero-order valence-electron chi connectivity index (χ0n) is 18.8. The van der Waals surface area contributed by atoms with Crippen LogP contribution in [0.3, 0.4) is 0 Å². The lowest BCUT2D eigenvalue weighted by Gasteiger charge is -2.30. The predicted octanol–water partition coefficient (Wildman–Crippen LogP) is 3.20. The summed E-state index contributed by atoms with van der Waals surface area (Å²) in [4.78, 5) is 16.5. The lowest BCUT2D eigenvalue weighted by atomic mass is 9.87. The molecule has 0 bridgehead atoms. The minimum Gasteiger partial charge on any atom is -0.383 e. The number of carbonyl (C=O) groups excluding carboxylic acids is 1. The van der Waals surface area contributed by atoms with E-state index in [1.807, 2.05) is 88.4 Å². The Balaban J connectivity index is 0.00000480. The summed E-state index contributed by atoms with van der Waals surface area (Å²) in [5.74, 6) is 0.339. The van der Waals surface area contributed by atoms with E-state index in [0.717, 1.165) is 11.1 Å². The summed E-state index contributed by atoms with van der Waals surface area (Å²) in [6.45, 7) is 8.66. The molecule has 0 saturated heterocycles. The molecule has 1 amide bonds. The van der Waals surface area contributed by atoms with E-state index in [2.05, 4.69) is 20.9 Å². The lowest BCUT2D eigenvalue weighted by molar-refractivity contribution is -0.121. The van der Waals surface area contributed by atoms with Crippen LogP contribution in [0.5, 0.6) is 0 Å². The van der Waals surface area contributed by atoms with Crippen molar-refractivity contribution in [2.45, 2.75) is 45.3 Å². The Morgan fingerprint density at radius 3 is 2.10 bits per heavy atom. The quantitative estimate of drug-likeness (QED) is 0.236. The van der Waals surface area contributed by atoms with Crippen LogP contribution in [0.25, 0.3) is 0 Å². The summed E-state index contributed by atoms with van der Waals surface area (Å²) in [6.07, 6.45) is 0.453. The topological polar surface area (TPSA) is 85.8 Å². The van der Waals surface area contributed by atoms with Crippen LogP contribution in [-0.4, -0.2) is 42.1 Å². The summed E-state index contributed by atoms with van der Waals surface area (Å²) in [5.41, 5.74) is 0.425. The molecule has 31 heavy (non-hydrogen) atoms. The van der Waals surface area contributed by atoms with Crippen LogP contribution in [0.4, 0.5) is 0 Å². The Bertz CT molecular complexity index is 822. The Morgan fingerprint density at radius 2 is 1.55 bits per heavy atom. The Labute approximate surface area is 203 Å². The number of halogens is 1. The minimum atomic E-state index is -1.13. The number of amides is 1. The van der Waals surface area contributed by atoms with Gasteiger partial charge in [-0.25, -0.2) is 4.99 Å². The molecule has 2 aromatic rings. The van der Waals surface area contributed by atoms with E-state index in [4.69, 9.17) is 0 Å². The summed E-state index contributed by atoms with van der Waals surface area (Å²) < 4.78 is 0. The molecule has 0 aliphatic rings. The van der Waals surface area contributed by atoms with Gasteiger partial charge in [-0.05, 0) is 38.8 Å². The maximum Gasteiger partial charge on any atom is 0.242 e. The molecule has 0 saturated carbocycles. The van der Waals surface area contributed by atoms with Crippen molar-refractivity contribution >= 4 is 35.8 Å². The van der Waals surface area contributed by atoms with E-state index in [-0.39, 0.29) is 48.5 Å². The van der Waals surface area contributed by atoms with Crippen molar-refractivity contribution in [3.63, 3.8) is 0 Å². The van der Waals surface area contributed by atoms with Crippen molar-refractivity contribution in [2.75, 3.05) is 19.6 Å².